The zero-order valence-corrected chi connectivity index (χ0v) is 18.2. The summed E-state index contributed by atoms with van der Waals surface area (Å²) in [6.07, 6.45) is 3.64. The Balaban J connectivity index is 1.69. The fraction of sp³-hybridized carbons (Fsp3) is 0.583. The van der Waals surface area contributed by atoms with Gasteiger partial charge in [-0.3, -0.25) is 9.69 Å². The van der Waals surface area contributed by atoms with E-state index in [0.29, 0.717) is 41.0 Å². The average molecular weight is 397 g/mol. The monoisotopic (exact) mass is 396 g/mol. The van der Waals surface area contributed by atoms with Gasteiger partial charge in [-0.05, 0) is 62.1 Å². The first-order valence-electron chi connectivity index (χ1n) is 10.7. The molecule has 0 amide bonds. The van der Waals surface area contributed by atoms with Crippen molar-refractivity contribution >= 4 is 16.9 Å². The number of likely N-dealkylation sites (tertiary alicyclic amines) is 1. The number of carbonyl (C=O) groups excluding carboxylic acids is 1. The summed E-state index contributed by atoms with van der Waals surface area (Å²) in [7, 11) is 0. The van der Waals surface area contributed by atoms with Crippen molar-refractivity contribution in [2.45, 2.75) is 66.5 Å². The molecule has 1 aliphatic carbocycles. The second-order valence-electron chi connectivity index (χ2n) is 10.2. The molecule has 2 bridgehead atoms. The van der Waals surface area contributed by atoms with Crippen molar-refractivity contribution in [2.75, 3.05) is 13.2 Å². The number of carbonyl (C=O) groups is 1. The number of pyridine rings is 1. The van der Waals surface area contributed by atoms with Gasteiger partial charge in [0.1, 0.15) is 0 Å². The van der Waals surface area contributed by atoms with E-state index in [9.17, 15) is 9.59 Å². The molecule has 5 heteroatoms. The van der Waals surface area contributed by atoms with Crippen LogP contribution in [0.1, 0.15) is 68.6 Å². The van der Waals surface area contributed by atoms with Crippen molar-refractivity contribution in [3.63, 3.8) is 0 Å². The molecule has 2 aliphatic rings. The molecule has 0 radical (unpaired) electrons. The Morgan fingerprint density at radius 3 is 2.76 bits per heavy atom. The predicted molar refractivity (Wildman–Crippen MR) is 115 cm³/mol. The summed E-state index contributed by atoms with van der Waals surface area (Å²) in [4.78, 5) is 31.4. The van der Waals surface area contributed by atoms with Gasteiger partial charge in [0.2, 0.25) is 0 Å². The first kappa shape index (κ1) is 20.1. The highest BCUT2D eigenvalue weighted by Crippen LogP contribution is 2.52. The summed E-state index contributed by atoms with van der Waals surface area (Å²) < 4.78 is 5.10. The largest absolute Gasteiger partial charge is 0.462 e. The summed E-state index contributed by atoms with van der Waals surface area (Å²) in [5, 5.41) is 0.560. The molecule has 156 valence electrons. The number of esters is 1. The van der Waals surface area contributed by atoms with E-state index >= 15 is 0 Å². The zero-order chi connectivity index (χ0) is 21.0. The highest BCUT2D eigenvalue weighted by molar-refractivity contribution is 5.94. The van der Waals surface area contributed by atoms with Crippen molar-refractivity contribution in [3.8, 4) is 0 Å². The minimum absolute atomic E-state index is 0.0215. The van der Waals surface area contributed by atoms with E-state index in [1.165, 1.54) is 19.3 Å². The van der Waals surface area contributed by atoms with Gasteiger partial charge in [0.25, 0.3) is 0 Å². The van der Waals surface area contributed by atoms with E-state index in [-0.39, 0.29) is 11.4 Å². The molecule has 1 aromatic carbocycles. The third kappa shape index (κ3) is 3.73. The Kier molecular flexibility index (Phi) is 4.85. The summed E-state index contributed by atoms with van der Waals surface area (Å²) >= 11 is 0. The van der Waals surface area contributed by atoms with Crippen LogP contribution in [-0.4, -0.2) is 35.0 Å². The molecule has 1 N–H and O–H groups in total. The molecule has 5 nitrogen and oxygen atoms in total. The first-order valence-corrected chi connectivity index (χ1v) is 10.7. The standard InChI is InChI=1S/C24H32N2O3/c1-6-29-22(28)16-7-8-20-18(9-16)21(27)19(15(2)25-20)12-26-14-24(5)11-17(26)10-23(3,4)13-24/h7-9,17H,6,10-14H2,1-5H3,(H,25,27). The summed E-state index contributed by atoms with van der Waals surface area (Å²) in [6.45, 7) is 12.9. The van der Waals surface area contributed by atoms with Crippen LogP contribution < -0.4 is 5.43 Å². The van der Waals surface area contributed by atoms with Crippen LogP contribution in [0.5, 0.6) is 0 Å². The number of hydrogen-bond acceptors (Lipinski definition) is 4. The number of H-pyrrole nitrogens is 1. The Morgan fingerprint density at radius 2 is 2.03 bits per heavy atom. The molecule has 0 spiro atoms. The van der Waals surface area contributed by atoms with Gasteiger partial charge in [0.05, 0.1) is 12.2 Å². The fourth-order valence-corrected chi connectivity index (χ4v) is 5.95. The molecule has 1 aliphatic heterocycles. The number of nitrogens with one attached hydrogen (secondary N) is 1. The third-order valence-electron chi connectivity index (χ3n) is 6.71. The molecule has 29 heavy (non-hydrogen) atoms. The number of aryl methyl sites for hydroxylation is 1. The van der Waals surface area contributed by atoms with Crippen molar-refractivity contribution < 1.29 is 9.53 Å². The molecular weight excluding hydrogens is 364 g/mol. The molecule has 2 atom stereocenters. The molecular formula is C24H32N2O3. The SMILES string of the molecule is CCOC(=O)c1ccc2[nH]c(C)c(CN3CC4(C)CC3CC(C)(C)C4)c(=O)c2c1. The van der Waals surface area contributed by atoms with Crippen molar-refractivity contribution in [2.24, 2.45) is 10.8 Å². The Morgan fingerprint density at radius 1 is 1.28 bits per heavy atom. The number of nitrogens with zero attached hydrogens (tertiary/aromatic N) is 1. The van der Waals surface area contributed by atoms with Gasteiger partial charge < -0.3 is 9.72 Å². The van der Waals surface area contributed by atoms with E-state index in [2.05, 4.69) is 30.7 Å². The Labute approximate surface area is 172 Å². The average Bonchev–Trinajstić information content (AvgIpc) is 2.86. The highest BCUT2D eigenvalue weighted by atomic mass is 16.5. The molecule has 2 aromatic rings. The third-order valence-corrected chi connectivity index (χ3v) is 6.71. The number of aromatic nitrogens is 1. The molecule has 1 saturated carbocycles. The number of aromatic amines is 1. The van der Waals surface area contributed by atoms with E-state index in [1.54, 1.807) is 25.1 Å². The van der Waals surface area contributed by atoms with E-state index in [1.807, 2.05) is 6.92 Å². The number of benzene rings is 1. The molecule has 4 rings (SSSR count). The van der Waals surface area contributed by atoms with Crippen LogP contribution in [0.3, 0.4) is 0 Å². The molecule has 2 unspecified atom stereocenters. The van der Waals surface area contributed by atoms with E-state index in [4.69, 9.17) is 4.74 Å². The molecule has 1 aromatic heterocycles. The lowest BCUT2D eigenvalue weighted by Gasteiger charge is -2.40. The van der Waals surface area contributed by atoms with Gasteiger partial charge in [-0.25, -0.2) is 4.79 Å². The molecule has 2 fully saturated rings. The van der Waals surface area contributed by atoms with E-state index in [0.717, 1.165) is 23.3 Å². The van der Waals surface area contributed by atoms with Gasteiger partial charge in [0, 0.05) is 41.3 Å². The second-order valence-corrected chi connectivity index (χ2v) is 10.2. The fourth-order valence-electron chi connectivity index (χ4n) is 5.95. The molecule has 1 saturated heterocycles. The van der Waals surface area contributed by atoms with Gasteiger partial charge in [-0.15, -0.1) is 0 Å². The number of rotatable bonds is 4. The van der Waals surface area contributed by atoms with Gasteiger partial charge in [-0.1, -0.05) is 20.8 Å². The topological polar surface area (TPSA) is 62.4 Å². The van der Waals surface area contributed by atoms with Crippen molar-refractivity contribution in [1.82, 2.24) is 9.88 Å². The van der Waals surface area contributed by atoms with Crippen LogP contribution in [0.2, 0.25) is 0 Å². The van der Waals surface area contributed by atoms with E-state index < -0.39 is 0 Å². The molecule has 2 heterocycles. The number of hydrogen-bond donors (Lipinski definition) is 1. The predicted octanol–water partition coefficient (Wildman–Crippen LogP) is 4.41. The van der Waals surface area contributed by atoms with Crippen LogP contribution in [0.15, 0.2) is 23.0 Å². The lowest BCUT2D eigenvalue weighted by Crippen LogP contribution is -2.35. The number of fused-ring (bicyclic) bond motifs is 3. The van der Waals surface area contributed by atoms with Gasteiger partial charge >= 0.3 is 5.97 Å². The zero-order valence-electron chi connectivity index (χ0n) is 18.2. The maximum Gasteiger partial charge on any atom is 0.338 e. The van der Waals surface area contributed by atoms with Crippen molar-refractivity contribution in [3.05, 3.63) is 45.2 Å². The lowest BCUT2D eigenvalue weighted by atomic mass is 9.65. The second kappa shape index (κ2) is 6.98. The van der Waals surface area contributed by atoms with Crippen LogP contribution in [0, 0.1) is 17.8 Å². The maximum atomic E-state index is 13.4. The Bertz CT molecular complexity index is 1020. The quantitative estimate of drug-likeness (QED) is 0.778. The minimum Gasteiger partial charge on any atom is -0.462 e. The number of ether oxygens (including phenoxy) is 1. The Hall–Kier alpha value is -2.14. The normalized spacial score (nSPS) is 26.0. The van der Waals surface area contributed by atoms with Crippen LogP contribution in [-0.2, 0) is 11.3 Å². The summed E-state index contributed by atoms with van der Waals surface area (Å²) in [5.74, 6) is -0.389. The summed E-state index contributed by atoms with van der Waals surface area (Å²) in [5.41, 5.74) is 3.62. The first-order chi connectivity index (χ1) is 13.6. The minimum atomic E-state index is -0.389. The van der Waals surface area contributed by atoms with Crippen LogP contribution in [0.4, 0.5) is 0 Å². The lowest BCUT2D eigenvalue weighted by molar-refractivity contribution is 0.0526. The summed E-state index contributed by atoms with van der Waals surface area (Å²) in [6, 6.07) is 5.71. The smallest absolute Gasteiger partial charge is 0.338 e. The van der Waals surface area contributed by atoms with Crippen molar-refractivity contribution in [1.29, 1.82) is 0 Å². The maximum absolute atomic E-state index is 13.4. The van der Waals surface area contributed by atoms with Crippen LogP contribution >= 0.6 is 0 Å². The highest BCUT2D eigenvalue weighted by Gasteiger charge is 2.49. The van der Waals surface area contributed by atoms with Gasteiger partial charge in [0.15, 0.2) is 5.43 Å². The van der Waals surface area contributed by atoms with Gasteiger partial charge in [-0.2, -0.15) is 0 Å². The van der Waals surface area contributed by atoms with Crippen LogP contribution in [0.25, 0.3) is 10.9 Å².